The number of aryl methyl sites for hydroxylation is 1. The molecule has 1 aliphatic rings. The molecule has 0 unspecified atom stereocenters. The molecule has 1 heterocycles. The highest BCUT2D eigenvalue weighted by Crippen LogP contribution is 2.28. The Hall–Kier alpha value is -2.69. The van der Waals surface area contributed by atoms with E-state index in [1.807, 2.05) is 47.4 Å². The minimum absolute atomic E-state index is 0.204. The Labute approximate surface area is 155 Å². The topological polar surface area (TPSA) is 42.0 Å². The van der Waals surface area contributed by atoms with Crippen LogP contribution in [0.3, 0.4) is 0 Å². The first kappa shape index (κ1) is 18.1. The summed E-state index contributed by atoms with van der Waals surface area (Å²) >= 11 is 0. The average Bonchev–Trinajstić information content (AvgIpc) is 2.72. The Bertz CT molecular complexity index is 740. The maximum absolute atomic E-state index is 12.6. The smallest absolute Gasteiger partial charge is 0.223 e. The molecule has 5 heteroatoms. The number of methoxy groups -OCH3 is 2. The fourth-order valence-electron chi connectivity index (χ4n) is 3.40. The van der Waals surface area contributed by atoms with Crippen LogP contribution in [0.4, 0.5) is 5.69 Å². The summed E-state index contributed by atoms with van der Waals surface area (Å²) in [4.78, 5) is 16.8. The molecule has 0 saturated carbocycles. The van der Waals surface area contributed by atoms with Gasteiger partial charge in [0.2, 0.25) is 5.91 Å². The van der Waals surface area contributed by atoms with Crippen LogP contribution < -0.4 is 14.4 Å². The van der Waals surface area contributed by atoms with Crippen molar-refractivity contribution in [2.45, 2.75) is 12.8 Å². The molecule has 0 N–H and O–H groups in total. The van der Waals surface area contributed by atoms with Crippen molar-refractivity contribution in [3.8, 4) is 11.5 Å². The van der Waals surface area contributed by atoms with E-state index in [4.69, 9.17) is 9.47 Å². The van der Waals surface area contributed by atoms with Gasteiger partial charge in [-0.15, -0.1) is 0 Å². The van der Waals surface area contributed by atoms with Gasteiger partial charge in [-0.05, 0) is 30.2 Å². The van der Waals surface area contributed by atoms with E-state index in [-0.39, 0.29) is 5.91 Å². The molecule has 138 valence electrons. The van der Waals surface area contributed by atoms with Crippen molar-refractivity contribution in [3.05, 3.63) is 54.1 Å². The predicted octanol–water partition coefficient (Wildman–Crippen LogP) is 2.99. The van der Waals surface area contributed by atoms with Crippen molar-refractivity contribution >= 4 is 11.6 Å². The lowest BCUT2D eigenvalue weighted by Crippen LogP contribution is -2.48. The Kier molecular flexibility index (Phi) is 6.00. The van der Waals surface area contributed by atoms with Crippen molar-refractivity contribution in [1.29, 1.82) is 0 Å². The zero-order chi connectivity index (χ0) is 18.4. The molecular formula is C21H26N2O3. The number of piperazine rings is 1. The number of nitrogens with zero attached hydrogens (tertiary/aromatic N) is 2. The van der Waals surface area contributed by atoms with Gasteiger partial charge in [-0.2, -0.15) is 0 Å². The molecule has 1 aliphatic heterocycles. The van der Waals surface area contributed by atoms with Crippen LogP contribution in [0.15, 0.2) is 48.5 Å². The molecule has 2 aromatic carbocycles. The highest BCUT2D eigenvalue weighted by Gasteiger charge is 2.22. The first-order valence-electron chi connectivity index (χ1n) is 9.00. The fourth-order valence-corrected chi connectivity index (χ4v) is 3.40. The molecule has 0 spiro atoms. The highest BCUT2D eigenvalue weighted by molar-refractivity contribution is 5.77. The quantitative estimate of drug-likeness (QED) is 0.800. The number of rotatable bonds is 6. The van der Waals surface area contributed by atoms with E-state index >= 15 is 0 Å². The van der Waals surface area contributed by atoms with Gasteiger partial charge < -0.3 is 19.3 Å². The largest absolute Gasteiger partial charge is 0.496 e. The Morgan fingerprint density at radius 2 is 1.50 bits per heavy atom. The first-order valence-corrected chi connectivity index (χ1v) is 9.00. The van der Waals surface area contributed by atoms with Crippen molar-refractivity contribution in [2.24, 2.45) is 0 Å². The molecule has 1 amide bonds. The van der Waals surface area contributed by atoms with Gasteiger partial charge in [0, 0.05) is 32.6 Å². The zero-order valence-electron chi connectivity index (χ0n) is 15.5. The average molecular weight is 354 g/mol. The predicted molar refractivity (Wildman–Crippen MR) is 103 cm³/mol. The van der Waals surface area contributed by atoms with E-state index in [1.54, 1.807) is 14.2 Å². The molecule has 1 fully saturated rings. The van der Waals surface area contributed by atoms with Crippen molar-refractivity contribution < 1.29 is 14.3 Å². The van der Waals surface area contributed by atoms with Gasteiger partial charge in [0.25, 0.3) is 0 Å². The number of anilines is 1. The number of hydrogen-bond donors (Lipinski definition) is 0. The Morgan fingerprint density at radius 1 is 0.885 bits per heavy atom. The van der Waals surface area contributed by atoms with E-state index in [0.717, 1.165) is 48.9 Å². The molecule has 0 bridgehead atoms. The summed E-state index contributed by atoms with van der Waals surface area (Å²) < 4.78 is 10.8. The summed E-state index contributed by atoms with van der Waals surface area (Å²) in [5.74, 6) is 1.93. The molecular weight excluding hydrogens is 328 g/mol. The third-order valence-electron chi connectivity index (χ3n) is 4.86. The lowest BCUT2D eigenvalue weighted by Gasteiger charge is -2.36. The van der Waals surface area contributed by atoms with Crippen LogP contribution in [-0.4, -0.2) is 51.2 Å². The SMILES string of the molecule is COc1ccccc1CCC(=O)N1CCN(c2ccccc2OC)CC1. The van der Waals surface area contributed by atoms with Gasteiger partial charge in [0.05, 0.1) is 19.9 Å². The third kappa shape index (κ3) is 4.10. The van der Waals surface area contributed by atoms with Gasteiger partial charge in [-0.3, -0.25) is 4.79 Å². The number of para-hydroxylation sites is 3. The summed E-state index contributed by atoms with van der Waals surface area (Å²) in [6, 6.07) is 15.9. The molecule has 3 rings (SSSR count). The van der Waals surface area contributed by atoms with Gasteiger partial charge in [0.15, 0.2) is 0 Å². The minimum Gasteiger partial charge on any atom is -0.496 e. The van der Waals surface area contributed by atoms with Gasteiger partial charge in [-0.25, -0.2) is 0 Å². The van der Waals surface area contributed by atoms with Crippen molar-refractivity contribution in [1.82, 2.24) is 4.90 Å². The second kappa shape index (κ2) is 8.61. The molecule has 0 aliphatic carbocycles. The minimum atomic E-state index is 0.204. The molecule has 5 nitrogen and oxygen atoms in total. The lowest BCUT2D eigenvalue weighted by molar-refractivity contribution is -0.131. The Balaban J connectivity index is 1.54. The molecule has 0 radical (unpaired) electrons. The summed E-state index contributed by atoms with van der Waals surface area (Å²) in [7, 11) is 3.36. The molecule has 1 saturated heterocycles. The second-order valence-corrected chi connectivity index (χ2v) is 6.35. The van der Waals surface area contributed by atoms with Crippen LogP contribution in [-0.2, 0) is 11.2 Å². The number of carbonyl (C=O) groups excluding carboxylic acids is 1. The van der Waals surface area contributed by atoms with Crippen molar-refractivity contribution in [2.75, 3.05) is 45.3 Å². The highest BCUT2D eigenvalue weighted by atomic mass is 16.5. The monoisotopic (exact) mass is 354 g/mol. The number of ether oxygens (including phenoxy) is 2. The number of hydrogen-bond acceptors (Lipinski definition) is 4. The molecule has 2 aromatic rings. The summed E-state index contributed by atoms with van der Waals surface area (Å²) in [5.41, 5.74) is 2.17. The van der Waals surface area contributed by atoms with Crippen LogP contribution in [0.1, 0.15) is 12.0 Å². The molecule has 26 heavy (non-hydrogen) atoms. The summed E-state index contributed by atoms with van der Waals surface area (Å²) in [5, 5.41) is 0. The second-order valence-electron chi connectivity index (χ2n) is 6.35. The van der Waals surface area contributed by atoms with Crippen LogP contribution in [0.5, 0.6) is 11.5 Å². The molecule has 0 aromatic heterocycles. The maximum Gasteiger partial charge on any atom is 0.223 e. The summed E-state index contributed by atoms with van der Waals surface area (Å²) in [6.45, 7) is 3.12. The van der Waals surface area contributed by atoms with E-state index in [9.17, 15) is 4.79 Å². The third-order valence-corrected chi connectivity index (χ3v) is 4.86. The van der Waals surface area contributed by atoms with Gasteiger partial charge in [0.1, 0.15) is 11.5 Å². The first-order chi connectivity index (χ1) is 12.7. The van der Waals surface area contributed by atoms with E-state index in [2.05, 4.69) is 11.0 Å². The van der Waals surface area contributed by atoms with Crippen LogP contribution >= 0.6 is 0 Å². The van der Waals surface area contributed by atoms with Crippen LogP contribution in [0.2, 0.25) is 0 Å². The fraction of sp³-hybridized carbons (Fsp3) is 0.381. The van der Waals surface area contributed by atoms with Crippen LogP contribution in [0, 0.1) is 0 Å². The van der Waals surface area contributed by atoms with Gasteiger partial charge in [-0.1, -0.05) is 30.3 Å². The number of benzene rings is 2. The summed E-state index contributed by atoms with van der Waals surface area (Å²) in [6.07, 6.45) is 1.21. The van der Waals surface area contributed by atoms with E-state index in [0.29, 0.717) is 12.8 Å². The maximum atomic E-state index is 12.6. The van der Waals surface area contributed by atoms with Gasteiger partial charge >= 0.3 is 0 Å². The van der Waals surface area contributed by atoms with Crippen LogP contribution in [0.25, 0.3) is 0 Å². The van der Waals surface area contributed by atoms with Crippen molar-refractivity contribution in [3.63, 3.8) is 0 Å². The standard InChI is InChI=1S/C21H26N2O3/c1-25-19-9-5-3-7-17(19)11-12-21(24)23-15-13-22(14-16-23)18-8-4-6-10-20(18)26-2/h3-10H,11-16H2,1-2H3. The Morgan fingerprint density at radius 3 is 2.19 bits per heavy atom. The zero-order valence-corrected chi connectivity index (χ0v) is 15.5. The van der Waals surface area contributed by atoms with E-state index in [1.165, 1.54) is 0 Å². The molecule has 0 atom stereocenters. The van der Waals surface area contributed by atoms with E-state index < -0.39 is 0 Å². The normalized spacial score (nSPS) is 14.2. The number of amides is 1. The number of carbonyl (C=O) groups is 1. The lowest BCUT2D eigenvalue weighted by atomic mass is 10.1.